The van der Waals surface area contributed by atoms with Crippen molar-refractivity contribution in [1.82, 2.24) is 9.55 Å². The molecule has 1 aliphatic rings. The molecule has 1 aliphatic carbocycles. The Labute approximate surface area is 189 Å². The zero-order valence-corrected chi connectivity index (χ0v) is 19.7. The maximum atomic E-state index is 14.0. The van der Waals surface area contributed by atoms with Gasteiger partial charge in [0.05, 0.1) is 17.8 Å². The highest BCUT2D eigenvalue weighted by atomic mass is 32.2. The third-order valence-electron chi connectivity index (χ3n) is 6.53. The van der Waals surface area contributed by atoms with Gasteiger partial charge in [0, 0.05) is 16.7 Å². The number of rotatable bonds is 8. The SMILES string of the molecule is CCCCCSc1nc2c(c(=O)n1Cc1ccccc1)[C@](C)(CC)Cc1ccccc1-2. The van der Waals surface area contributed by atoms with Crippen LogP contribution in [0.1, 0.15) is 63.1 Å². The Kier molecular flexibility index (Phi) is 6.66. The molecule has 4 rings (SSSR count). The first kappa shape index (κ1) is 21.9. The lowest BCUT2D eigenvalue weighted by molar-refractivity contribution is 0.430. The molecule has 1 atom stereocenters. The third-order valence-corrected chi connectivity index (χ3v) is 7.60. The van der Waals surface area contributed by atoms with E-state index in [1.165, 1.54) is 18.4 Å². The predicted molar refractivity (Wildman–Crippen MR) is 131 cm³/mol. The molecule has 0 spiro atoms. The second kappa shape index (κ2) is 9.44. The molecule has 0 radical (unpaired) electrons. The number of thioether (sulfide) groups is 1. The third kappa shape index (κ3) is 4.36. The standard InChI is InChI=1S/C27H32N2OS/c1-4-6-12-17-31-26-28-24-22-16-11-10-15-21(22)18-27(3,5-2)23(24)25(30)29(26)19-20-13-8-7-9-14-20/h7-11,13-16H,4-6,12,17-19H2,1-3H3/t27-/m1/s1. The summed E-state index contributed by atoms with van der Waals surface area (Å²) in [6, 6.07) is 18.7. The first-order valence-electron chi connectivity index (χ1n) is 11.5. The van der Waals surface area contributed by atoms with Gasteiger partial charge in [-0.2, -0.15) is 0 Å². The topological polar surface area (TPSA) is 34.9 Å². The molecule has 0 fully saturated rings. The second-order valence-corrected chi connectivity index (χ2v) is 9.86. The van der Waals surface area contributed by atoms with Crippen LogP contribution in [0.25, 0.3) is 11.3 Å². The molecule has 162 valence electrons. The summed E-state index contributed by atoms with van der Waals surface area (Å²) in [7, 11) is 0. The summed E-state index contributed by atoms with van der Waals surface area (Å²) in [6.07, 6.45) is 5.34. The van der Waals surface area contributed by atoms with Crippen molar-refractivity contribution in [2.75, 3.05) is 5.75 Å². The van der Waals surface area contributed by atoms with E-state index in [1.54, 1.807) is 11.8 Å². The van der Waals surface area contributed by atoms with Gasteiger partial charge in [0.1, 0.15) is 0 Å². The first-order chi connectivity index (χ1) is 15.1. The van der Waals surface area contributed by atoms with Crippen molar-refractivity contribution in [3.8, 4) is 11.3 Å². The molecule has 31 heavy (non-hydrogen) atoms. The first-order valence-corrected chi connectivity index (χ1v) is 12.5. The largest absolute Gasteiger partial charge is 0.283 e. The van der Waals surface area contributed by atoms with Crippen LogP contribution in [0.15, 0.2) is 64.5 Å². The Morgan fingerprint density at radius 2 is 1.77 bits per heavy atom. The fraction of sp³-hybridized carbons (Fsp3) is 0.407. The number of fused-ring (bicyclic) bond motifs is 3. The highest BCUT2D eigenvalue weighted by molar-refractivity contribution is 7.99. The van der Waals surface area contributed by atoms with E-state index in [-0.39, 0.29) is 11.0 Å². The van der Waals surface area contributed by atoms with E-state index in [1.807, 2.05) is 22.8 Å². The molecular weight excluding hydrogens is 400 g/mol. The van der Waals surface area contributed by atoms with Crippen LogP contribution in [0.3, 0.4) is 0 Å². The van der Waals surface area contributed by atoms with E-state index in [0.717, 1.165) is 52.6 Å². The van der Waals surface area contributed by atoms with Gasteiger partial charge >= 0.3 is 0 Å². The van der Waals surface area contributed by atoms with Gasteiger partial charge in [-0.05, 0) is 30.4 Å². The van der Waals surface area contributed by atoms with Gasteiger partial charge in [0.15, 0.2) is 5.16 Å². The maximum Gasteiger partial charge on any atom is 0.258 e. The number of aromatic nitrogens is 2. The van der Waals surface area contributed by atoms with Crippen LogP contribution in [-0.4, -0.2) is 15.3 Å². The molecule has 0 amide bonds. The van der Waals surface area contributed by atoms with Crippen molar-refractivity contribution < 1.29 is 0 Å². The average molecular weight is 433 g/mol. The van der Waals surface area contributed by atoms with Crippen molar-refractivity contribution in [1.29, 1.82) is 0 Å². The zero-order chi connectivity index (χ0) is 21.8. The van der Waals surface area contributed by atoms with Crippen LogP contribution in [0.2, 0.25) is 0 Å². The number of benzene rings is 2. The molecule has 3 nitrogen and oxygen atoms in total. The van der Waals surface area contributed by atoms with Gasteiger partial charge < -0.3 is 0 Å². The number of hydrogen-bond donors (Lipinski definition) is 0. The molecule has 0 saturated heterocycles. The van der Waals surface area contributed by atoms with E-state index in [2.05, 4.69) is 57.2 Å². The lowest BCUT2D eigenvalue weighted by Gasteiger charge is -2.36. The van der Waals surface area contributed by atoms with Crippen LogP contribution in [0.5, 0.6) is 0 Å². The van der Waals surface area contributed by atoms with Gasteiger partial charge in [0.25, 0.3) is 5.56 Å². The van der Waals surface area contributed by atoms with E-state index in [9.17, 15) is 4.79 Å². The summed E-state index contributed by atoms with van der Waals surface area (Å²) in [4.78, 5) is 19.2. The van der Waals surface area contributed by atoms with E-state index >= 15 is 0 Å². The van der Waals surface area contributed by atoms with Crippen molar-refractivity contribution in [3.05, 3.63) is 81.6 Å². The minimum atomic E-state index is -0.197. The van der Waals surface area contributed by atoms with Crippen LogP contribution in [-0.2, 0) is 18.4 Å². The highest BCUT2D eigenvalue weighted by Crippen LogP contribution is 2.43. The molecule has 0 aliphatic heterocycles. The van der Waals surface area contributed by atoms with Gasteiger partial charge in [-0.25, -0.2) is 4.98 Å². The molecule has 0 bridgehead atoms. The molecule has 4 heteroatoms. The fourth-order valence-corrected chi connectivity index (χ4v) is 5.51. The van der Waals surface area contributed by atoms with Crippen molar-refractivity contribution in [2.24, 2.45) is 0 Å². The summed E-state index contributed by atoms with van der Waals surface area (Å²) < 4.78 is 1.92. The summed E-state index contributed by atoms with van der Waals surface area (Å²) in [5, 5.41) is 0.846. The summed E-state index contributed by atoms with van der Waals surface area (Å²) in [6.45, 7) is 7.20. The van der Waals surface area contributed by atoms with Gasteiger partial charge in [-0.3, -0.25) is 9.36 Å². The fourth-order valence-electron chi connectivity index (χ4n) is 4.52. The van der Waals surface area contributed by atoms with Crippen LogP contribution in [0.4, 0.5) is 0 Å². The van der Waals surface area contributed by atoms with Crippen LogP contribution in [0, 0.1) is 0 Å². The van der Waals surface area contributed by atoms with Gasteiger partial charge in [-0.15, -0.1) is 0 Å². The Hall–Kier alpha value is -2.33. The highest BCUT2D eigenvalue weighted by Gasteiger charge is 2.38. The smallest absolute Gasteiger partial charge is 0.258 e. The molecular formula is C27H32N2OS. The molecule has 1 aromatic heterocycles. The van der Waals surface area contributed by atoms with Gasteiger partial charge in [0.2, 0.25) is 0 Å². The Bertz CT molecular complexity index is 1110. The number of nitrogens with zero attached hydrogens (tertiary/aromatic N) is 2. The Morgan fingerprint density at radius 3 is 2.52 bits per heavy atom. The van der Waals surface area contributed by atoms with Crippen molar-refractivity contribution in [3.63, 3.8) is 0 Å². The predicted octanol–water partition coefficient (Wildman–Crippen LogP) is 6.46. The van der Waals surface area contributed by atoms with E-state index in [4.69, 9.17) is 4.98 Å². The minimum Gasteiger partial charge on any atom is -0.283 e. The molecule has 0 N–H and O–H groups in total. The lowest BCUT2D eigenvalue weighted by Crippen LogP contribution is -2.40. The van der Waals surface area contributed by atoms with E-state index in [0.29, 0.717) is 6.54 Å². The van der Waals surface area contributed by atoms with Crippen LogP contribution < -0.4 is 5.56 Å². The second-order valence-electron chi connectivity index (χ2n) is 8.80. The molecule has 0 saturated carbocycles. The zero-order valence-electron chi connectivity index (χ0n) is 18.9. The number of unbranched alkanes of at least 4 members (excludes halogenated alkanes) is 2. The van der Waals surface area contributed by atoms with Gasteiger partial charge in [-0.1, -0.05) is 100.0 Å². The summed E-state index contributed by atoms with van der Waals surface area (Å²) in [5.41, 5.74) is 5.29. The van der Waals surface area contributed by atoms with Crippen molar-refractivity contribution in [2.45, 2.75) is 70.0 Å². The minimum absolute atomic E-state index is 0.130. The normalized spacial score (nSPS) is 17.3. The Balaban J connectivity index is 1.88. The molecule has 0 unspecified atom stereocenters. The lowest BCUT2D eigenvalue weighted by atomic mass is 9.69. The van der Waals surface area contributed by atoms with E-state index < -0.39 is 0 Å². The van der Waals surface area contributed by atoms with Crippen LogP contribution >= 0.6 is 11.8 Å². The molecule has 1 heterocycles. The monoisotopic (exact) mass is 432 g/mol. The molecule has 2 aromatic carbocycles. The quantitative estimate of drug-likeness (QED) is 0.233. The average Bonchev–Trinajstić information content (AvgIpc) is 2.79. The Morgan fingerprint density at radius 1 is 1.03 bits per heavy atom. The summed E-state index contributed by atoms with van der Waals surface area (Å²) >= 11 is 1.73. The number of hydrogen-bond acceptors (Lipinski definition) is 3. The van der Waals surface area contributed by atoms with Crippen molar-refractivity contribution >= 4 is 11.8 Å². The summed E-state index contributed by atoms with van der Waals surface area (Å²) in [5.74, 6) is 0.987. The maximum absolute atomic E-state index is 14.0. The molecule has 3 aromatic rings.